The highest BCUT2D eigenvalue weighted by molar-refractivity contribution is 7.10. The lowest BCUT2D eigenvalue weighted by Gasteiger charge is -2.04. The van der Waals surface area contributed by atoms with Crippen molar-refractivity contribution in [3.8, 4) is 17.2 Å². The van der Waals surface area contributed by atoms with E-state index in [1.54, 1.807) is 22.9 Å². The summed E-state index contributed by atoms with van der Waals surface area (Å²) in [6.45, 7) is 5.78. The number of halogens is 1. The number of carbonyl (C=O) groups excluding carboxylic acids is 1. The summed E-state index contributed by atoms with van der Waals surface area (Å²) in [5.74, 6) is -0.198. The van der Waals surface area contributed by atoms with E-state index in [0.717, 1.165) is 22.7 Å². The first-order valence-corrected chi connectivity index (χ1v) is 9.60. The quantitative estimate of drug-likeness (QED) is 0.549. The molecular weight excluding hydrogens is 391 g/mol. The number of hydrogen-bond donors (Lipinski definition) is 1. The van der Waals surface area contributed by atoms with E-state index in [9.17, 15) is 9.18 Å². The lowest BCUT2D eigenvalue weighted by Crippen LogP contribution is -2.12. The molecule has 0 unspecified atom stereocenters. The molecule has 146 valence electrons. The smallest absolute Gasteiger partial charge is 0.257 e. The van der Waals surface area contributed by atoms with Gasteiger partial charge in [-0.2, -0.15) is 9.36 Å². The second kappa shape index (κ2) is 7.51. The van der Waals surface area contributed by atoms with Gasteiger partial charge in [-0.25, -0.2) is 9.07 Å². The van der Waals surface area contributed by atoms with Crippen LogP contribution in [0.5, 0.6) is 0 Å². The minimum absolute atomic E-state index is 0.248. The van der Waals surface area contributed by atoms with Crippen LogP contribution in [-0.2, 0) is 0 Å². The largest absolute Gasteiger partial charge is 0.297 e. The summed E-state index contributed by atoms with van der Waals surface area (Å²) < 4.78 is 19.0. The van der Waals surface area contributed by atoms with E-state index in [2.05, 4.69) is 25.0 Å². The number of nitrogens with one attached hydrogen (secondary N) is 1. The molecule has 0 aliphatic rings. The Morgan fingerprint density at radius 2 is 1.83 bits per heavy atom. The molecule has 1 amide bonds. The lowest BCUT2D eigenvalue weighted by atomic mass is 10.1. The first kappa shape index (κ1) is 18.9. The molecule has 7 nitrogen and oxygen atoms in total. The van der Waals surface area contributed by atoms with Gasteiger partial charge in [-0.15, -0.1) is 5.10 Å². The molecule has 0 radical (unpaired) electrons. The molecule has 2 aromatic heterocycles. The highest BCUT2D eigenvalue weighted by atomic mass is 32.1. The van der Waals surface area contributed by atoms with Crippen LogP contribution in [0.1, 0.15) is 27.2 Å². The Morgan fingerprint density at radius 3 is 2.55 bits per heavy atom. The summed E-state index contributed by atoms with van der Waals surface area (Å²) in [5.41, 5.74) is 4.62. The van der Waals surface area contributed by atoms with Crippen LogP contribution in [0, 0.1) is 26.6 Å². The van der Waals surface area contributed by atoms with E-state index in [0.29, 0.717) is 33.6 Å². The Labute approximate surface area is 170 Å². The van der Waals surface area contributed by atoms with Gasteiger partial charge >= 0.3 is 0 Å². The summed E-state index contributed by atoms with van der Waals surface area (Å²) >= 11 is 1.07. The SMILES string of the molecule is Cc1ccc(C(=O)Nc2nc(-c3nnn(-c4ccc(F)cc4)c3C)ns2)cc1C. The molecule has 9 heteroatoms. The third kappa shape index (κ3) is 3.77. The van der Waals surface area contributed by atoms with Gasteiger partial charge in [0.05, 0.1) is 11.4 Å². The maximum absolute atomic E-state index is 13.1. The summed E-state index contributed by atoms with van der Waals surface area (Å²) in [6, 6.07) is 11.5. The summed E-state index contributed by atoms with van der Waals surface area (Å²) in [5, 5.41) is 11.4. The van der Waals surface area contributed by atoms with Gasteiger partial charge in [0, 0.05) is 17.1 Å². The van der Waals surface area contributed by atoms with Gasteiger partial charge in [-0.3, -0.25) is 10.1 Å². The van der Waals surface area contributed by atoms with Gasteiger partial charge in [-0.1, -0.05) is 11.3 Å². The van der Waals surface area contributed by atoms with Crippen molar-refractivity contribution in [3.63, 3.8) is 0 Å². The van der Waals surface area contributed by atoms with E-state index in [1.165, 1.54) is 12.1 Å². The minimum atomic E-state index is -0.322. The predicted molar refractivity (Wildman–Crippen MR) is 109 cm³/mol. The number of anilines is 1. The van der Waals surface area contributed by atoms with Crippen LogP contribution >= 0.6 is 11.5 Å². The van der Waals surface area contributed by atoms with Crippen molar-refractivity contribution in [1.29, 1.82) is 0 Å². The van der Waals surface area contributed by atoms with Crippen LogP contribution in [0.2, 0.25) is 0 Å². The van der Waals surface area contributed by atoms with Gasteiger partial charge in [0.15, 0.2) is 11.5 Å². The molecule has 0 fully saturated rings. The molecule has 4 aromatic rings. The average molecular weight is 408 g/mol. The normalized spacial score (nSPS) is 10.9. The third-order valence-electron chi connectivity index (χ3n) is 4.59. The van der Waals surface area contributed by atoms with Crippen molar-refractivity contribution in [3.05, 3.63) is 70.7 Å². The number of aromatic nitrogens is 5. The van der Waals surface area contributed by atoms with Crippen molar-refractivity contribution in [2.24, 2.45) is 0 Å². The number of aryl methyl sites for hydroxylation is 2. The highest BCUT2D eigenvalue weighted by Crippen LogP contribution is 2.24. The molecule has 2 aromatic carbocycles. The zero-order valence-electron chi connectivity index (χ0n) is 16.0. The number of hydrogen-bond acceptors (Lipinski definition) is 6. The predicted octanol–water partition coefficient (Wildman–Crippen LogP) is 4.10. The highest BCUT2D eigenvalue weighted by Gasteiger charge is 2.18. The molecule has 0 saturated carbocycles. The van der Waals surface area contributed by atoms with E-state index in [-0.39, 0.29) is 11.7 Å². The van der Waals surface area contributed by atoms with Gasteiger partial charge < -0.3 is 0 Å². The lowest BCUT2D eigenvalue weighted by molar-refractivity contribution is 0.102. The van der Waals surface area contributed by atoms with Gasteiger partial charge in [0.25, 0.3) is 5.91 Å². The van der Waals surface area contributed by atoms with Crippen LogP contribution in [0.3, 0.4) is 0 Å². The van der Waals surface area contributed by atoms with Crippen molar-refractivity contribution >= 4 is 22.6 Å². The fraction of sp³-hybridized carbons (Fsp3) is 0.150. The molecule has 0 bridgehead atoms. The molecule has 0 spiro atoms. The van der Waals surface area contributed by atoms with Gasteiger partial charge in [0.1, 0.15) is 5.82 Å². The molecule has 0 saturated heterocycles. The zero-order chi connectivity index (χ0) is 20.5. The Bertz CT molecular complexity index is 1200. The average Bonchev–Trinajstić information content (AvgIpc) is 3.31. The molecule has 0 atom stereocenters. The topological polar surface area (TPSA) is 85.6 Å². The van der Waals surface area contributed by atoms with E-state index >= 15 is 0 Å². The maximum atomic E-state index is 13.1. The van der Waals surface area contributed by atoms with Gasteiger partial charge in [-0.05, 0) is 68.3 Å². The second-order valence-electron chi connectivity index (χ2n) is 6.59. The summed E-state index contributed by atoms with van der Waals surface area (Å²) in [7, 11) is 0. The van der Waals surface area contributed by atoms with Crippen LogP contribution in [0.25, 0.3) is 17.2 Å². The second-order valence-corrected chi connectivity index (χ2v) is 7.34. The Hall–Kier alpha value is -3.46. The molecule has 29 heavy (non-hydrogen) atoms. The summed E-state index contributed by atoms with van der Waals surface area (Å²) in [4.78, 5) is 16.8. The van der Waals surface area contributed by atoms with Crippen LogP contribution in [0.4, 0.5) is 9.52 Å². The maximum Gasteiger partial charge on any atom is 0.257 e. The molecular formula is C20H17FN6OS. The van der Waals surface area contributed by atoms with E-state index < -0.39 is 0 Å². The molecule has 0 aliphatic heterocycles. The molecule has 4 rings (SSSR count). The Balaban J connectivity index is 1.55. The molecule has 0 aliphatic carbocycles. The van der Waals surface area contributed by atoms with Crippen molar-refractivity contribution in [2.45, 2.75) is 20.8 Å². The third-order valence-corrected chi connectivity index (χ3v) is 5.22. The number of rotatable bonds is 4. The molecule has 1 N–H and O–H groups in total. The zero-order valence-corrected chi connectivity index (χ0v) is 16.8. The van der Waals surface area contributed by atoms with Crippen LogP contribution in [-0.4, -0.2) is 30.3 Å². The van der Waals surface area contributed by atoms with Gasteiger partial charge in [0.2, 0.25) is 5.13 Å². The minimum Gasteiger partial charge on any atom is -0.297 e. The van der Waals surface area contributed by atoms with Crippen molar-refractivity contribution in [2.75, 3.05) is 5.32 Å². The number of carbonyl (C=O) groups is 1. The molecule has 2 heterocycles. The van der Waals surface area contributed by atoms with Crippen molar-refractivity contribution in [1.82, 2.24) is 24.4 Å². The van der Waals surface area contributed by atoms with E-state index in [4.69, 9.17) is 0 Å². The van der Waals surface area contributed by atoms with Crippen LogP contribution in [0.15, 0.2) is 42.5 Å². The van der Waals surface area contributed by atoms with E-state index in [1.807, 2.05) is 32.9 Å². The van der Waals surface area contributed by atoms with Crippen molar-refractivity contribution < 1.29 is 9.18 Å². The number of benzene rings is 2. The number of nitrogens with zero attached hydrogens (tertiary/aromatic N) is 5. The number of amides is 1. The Kier molecular flexibility index (Phi) is 4.89. The first-order valence-electron chi connectivity index (χ1n) is 8.83. The monoisotopic (exact) mass is 408 g/mol. The van der Waals surface area contributed by atoms with Crippen LogP contribution < -0.4 is 5.32 Å². The Morgan fingerprint density at radius 1 is 1.07 bits per heavy atom. The summed E-state index contributed by atoms with van der Waals surface area (Å²) in [6.07, 6.45) is 0. The fourth-order valence-electron chi connectivity index (χ4n) is 2.79. The fourth-order valence-corrected chi connectivity index (χ4v) is 3.35. The first-order chi connectivity index (χ1) is 13.9. The standard InChI is InChI=1S/C20H17FN6OS/c1-11-4-5-14(10-12(11)2)19(28)23-20-22-18(25-29-20)17-13(3)27(26-24-17)16-8-6-15(21)7-9-16/h4-10H,1-3H3,(H,22,23,25,28).